The van der Waals surface area contributed by atoms with Crippen LogP contribution in [0.25, 0.3) is 0 Å². The smallest absolute Gasteiger partial charge is 0.156 e. The molecule has 0 radical (unpaired) electrons. The Labute approximate surface area is 137 Å². The van der Waals surface area contributed by atoms with E-state index in [2.05, 4.69) is 11.9 Å². The molecular weight excluding hydrogens is 284 g/mol. The molecule has 0 aliphatic carbocycles. The maximum absolute atomic E-state index is 11.7. The third-order valence-corrected chi connectivity index (χ3v) is 4.43. The van der Waals surface area contributed by atoms with Crippen LogP contribution in [0.2, 0.25) is 0 Å². The van der Waals surface area contributed by atoms with Crippen LogP contribution in [0.3, 0.4) is 0 Å². The van der Waals surface area contributed by atoms with Crippen molar-refractivity contribution in [1.82, 2.24) is 9.55 Å². The number of hydrogen-bond acceptors (Lipinski definition) is 2. The number of rotatable bonds is 4. The van der Waals surface area contributed by atoms with Gasteiger partial charge in [0.2, 0.25) is 0 Å². The van der Waals surface area contributed by atoms with Crippen molar-refractivity contribution in [1.29, 1.82) is 0 Å². The molecule has 0 aliphatic heterocycles. The van der Waals surface area contributed by atoms with E-state index in [0.29, 0.717) is 0 Å². The maximum Gasteiger partial charge on any atom is 0.156 e. The fourth-order valence-electron chi connectivity index (χ4n) is 3.05. The van der Waals surface area contributed by atoms with Gasteiger partial charge in [-0.1, -0.05) is 67.1 Å². The molecule has 0 unspecified atom stereocenters. The average Bonchev–Trinajstić information content (AvgIpc) is 2.97. The summed E-state index contributed by atoms with van der Waals surface area (Å²) >= 11 is 0. The van der Waals surface area contributed by atoms with E-state index in [-0.39, 0.29) is 0 Å². The fourth-order valence-corrected chi connectivity index (χ4v) is 3.05. The topological polar surface area (TPSA) is 38.1 Å². The Morgan fingerprint density at radius 1 is 1.00 bits per heavy atom. The molecule has 0 bridgehead atoms. The van der Waals surface area contributed by atoms with Crippen LogP contribution in [-0.4, -0.2) is 14.7 Å². The maximum atomic E-state index is 11.7. The molecule has 0 saturated carbocycles. The van der Waals surface area contributed by atoms with Crippen molar-refractivity contribution in [3.8, 4) is 0 Å². The zero-order valence-corrected chi connectivity index (χ0v) is 13.8. The molecule has 0 fully saturated rings. The molecule has 0 saturated heterocycles. The van der Waals surface area contributed by atoms with E-state index in [4.69, 9.17) is 0 Å². The summed E-state index contributed by atoms with van der Waals surface area (Å²) in [5.74, 6) is 0.960. The second kappa shape index (κ2) is 6.01. The van der Waals surface area contributed by atoms with Crippen molar-refractivity contribution in [2.75, 3.05) is 0 Å². The monoisotopic (exact) mass is 306 g/mol. The van der Waals surface area contributed by atoms with Gasteiger partial charge in [0.25, 0.3) is 0 Å². The van der Waals surface area contributed by atoms with Gasteiger partial charge in [0, 0.05) is 13.5 Å². The van der Waals surface area contributed by atoms with E-state index < -0.39 is 5.60 Å². The summed E-state index contributed by atoms with van der Waals surface area (Å²) in [6.07, 6.45) is 2.61. The lowest BCUT2D eigenvalue weighted by atomic mass is 9.83. The van der Waals surface area contributed by atoms with E-state index in [1.165, 1.54) is 5.56 Å². The number of benzene rings is 2. The van der Waals surface area contributed by atoms with Gasteiger partial charge in [-0.15, -0.1) is 0 Å². The quantitative estimate of drug-likeness (QED) is 0.800. The second-order valence-corrected chi connectivity index (χ2v) is 5.91. The van der Waals surface area contributed by atoms with E-state index in [0.717, 1.165) is 29.1 Å². The first-order valence-corrected chi connectivity index (χ1v) is 7.93. The van der Waals surface area contributed by atoms with Gasteiger partial charge in [-0.3, -0.25) is 0 Å². The first kappa shape index (κ1) is 15.5. The summed E-state index contributed by atoms with van der Waals surface area (Å²) in [5.41, 5.74) is 2.42. The molecule has 1 heterocycles. The number of aliphatic hydroxyl groups is 1. The largest absolute Gasteiger partial charge is 0.374 e. The van der Waals surface area contributed by atoms with Crippen molar-refractivity contribution in [3.63, 3.8) is 0 Å². The van der Waals surface area contributed by atoms with E-state index >= 15 is 0 Å². The van der Waals surface area contributed by atoms with Gasteiger partial charge in [-0.25, -0.2) is 4.98 Å². The number of hydrogen-bond donors (Lipinski definition) is 1. The Kier molecular flexibility index (Phi) is 4.05. The number of aryl methyl sites for hydroxylation is 2. The average molecular weight is 306 g/mol. The van der Waals surface area contributed by atoms with E-state index in [1.54, 1.807) is 6.20 Å². The number of imidazole rings is 1. The molecule has 0 aliphatic rings. The molecule has 3 heteroatoms. The van der Waals surface area contributed by atoms with E-state index in [1.807, 2.05) is 73.1 Å². The summed E-state index contributed by atoms with van der Waals surface area (Å²) in [4.78, 5) is 4.47. The lowest BCUT2D eigenvalue weighted by Crippen LogP contribution is -2.31. The molecule has 2 aromatic carbocycles. The summed E-state index contributed by atoms with van der Waals surface area (Å²) in [7, 11) is 1.96. The van der Waals surface area contributed by atoms with Crippen LogP contribution in [0.1, 0.15) is 35.1 Å². The van der Waals surface area contributed by atoms with Gasteiger partial charge >= 0.3 is 0 Å². The molecule has 1 atom stereocenters. The van der Waals surface area contributed by atoms with Gasteiger partial charge in [0.05, 0.1) is 11.9 Å². The molecule has 23 heavy (non-hydrogen) atoms. The third-order valence-electron chi connectivity index (χ3n) is 4.43. The summed E-state index contributed by atoms with van der Waals surface area (Å²) in [5, 5.41) is 11.7. The number of nitrogens with zero attached hydrogens (tertiary/aromatic N) is 2. The van der Waals surface area contributed by atoms with E-state index in [9.17, 15) is 5.11 Å². The highest BCUT2D eigenvalue weighted by Gasteiger charge is 2.36. The van der Waals surface area contributed by atoms with Crippen LogP contribution in [-0.2, 0) is 19.1 Å². The van der Waals surface area contributed by atoms with Gasteiger partial charge in [0.15, 0.2) is 5.60 Å². The first-order chi connectivity index (χ1) is 11.1. The zero-order valence-electron chi connectivity index (χ0n) is 13.8. The molecule has 0 amide bonds. The minimum absolute atomic E-state index is 0.782. The molecule has 3 nitrogen and oxygen atoms in total. The number of aromatic nitrogens is 2. The predicted octanol–water partition coefficient (Wildman–Crippen LogP) is 3.58. The van der Waals surface area contributed by atoms with Crippen LogP contribution >= 0.6 is 0 Å². The SMILES string of the molecule is CCc1ncc([C@@](O)(c2ccccc2)c2ccc(C)cc2)n1C. The van der Waals surface area contributed by atoms with Crippen LogP contribution in [0.15, 0.2) is 60.8 Å². The highest BCUT2D eigenvalue weighted by molar-refractivity contribution is 5.45. The zero-order chi connectivity index (χ0) is 16.4. The van der Waals surface area contributed by atoms with Gasteiger partial charge in [-0.2, -0.15) is 0 Å². The minimum atomic E-state index is -1.22. The van der Waals surface area contributed by atoms with Crippen LogP contribution < -0.4 is 0 Å². The van der Waals surface area contributed by atoms with Crippen molar-refractivity contribution >= 4 is 0 Å². The normalized spacial score (nSPS) is 13.7. The van der Waals surface area contributed by atoms with Crippen molar-refractivity contribution in [3.05, 3.63) is 89.0 Å². The molecule has 3 rings (SSSR count). The lowest BCUT2D eigenvalue weighted by molar-refractivity contribution is 0.117. The molecule has 1 N–H and O–H groups in total. The molecule has 1 aromatic heterocycles. The Morgan fingerprint density at radius 3 is 2.17 bits per heavy atom. The highest BCUT2D eigenvalue weighted by Crippen LogP contribution is 2.36. The Hall–Kier alpha value is -2.39. The van der Waals surface area contributed by atoms with Crippen LogP contribution in [0.5, 0.6) is 0 Å². The predicted molar refractivity (Wildman–Crippen MR) is 92.3 cm³/mol. The highest BCUT2D eigenvalue weighted by atomic mass is 16.3. The summed E-state index contributed by atoms with van der Waals surface area (Å²) < 4.78 is 1.99. The lowest BCUT2D eigenvalue weighted by Gasteiger charge is -2.30. The summed E-state index contributed by atoms with van der Waals surface area (Å²) in [6, 6.07) is 17.8. The third kappa shape index (κ3) is 2.57. The second-order valence-electron chi connectivity index (χ2n) is 5.91. The molecule has 118 valence electrons. The molecular formula is C20H22N2O. The van der Waals surface area contributed by atoms with Gasteiger partial charge in [0.1, 0.15) is 5.82 Å². The van der Waals surface area contributed by atoms with Crippen molar-refractivity contribution in [2.24, 2.45) is 7.05 Å². The standard InChI is InChI=1S/C20H22N2O/c1-4-19-21-14-18(22(19)3)20(23,16-8-6-5-7-9-16)17-12-10-15(2)11-13-17/h5-14,23H,4H2,1-3H3/t20-/m1/s1. The van der Waals surface area contributed by atoms with Crippen LogP contribution in [0, 0.1) is 6.92 Å². The van der Waals surface area contributed by atoms with Crippen molar-refractivity contribution in [2.45, 2.75) is 25.9 Å². The fraction of sp³-hybridized carbons (Fsp3) is 0.250. The van der Waals surface area contributed by atoms with Gasteiger partial charge in [-0.05, 0) is 18.1 Å². The Bertz CT molecular complexity index is 790. The van der Waals surface area contributed by atoms with Crippen molar-refractivity contribution < 1.29 is 5.11 Å². The first-order valence-electron chi connectivity index (χ1n) is 7.93. The van der Waals surface area contributed by atoms with Crippen LogP contribution in [0.4, 0.5) is 0 Å². The molecule has 3 aromatic rings. The Morgan fingerprint density at radius 2 is 1.61 bits per heavy atom. The minimum Gasteiger partial charge on any atom is -0.374 e. The summed E-state index contributed by atoms with van der Waals surface area (Å²) in [6.45, 7) is 4.12. The molecule has 0 spiro atoms. The Balaban J connectivity index is 2.25. The van der Waals surface area contributed by atoms with Gasteiger partial charge < -0.3 is 9.67 Å².